The molecule has 314 valence electrons. The first-order valence-corrected chi connectivity index (χ1v) is 22.4. The minimum atomic E-state index is -5.03. The first-order valence-electron chi connectivity index (χ1n) is 21.1. The number of nitrogens with one attached hydrogen (secondary N) is 1. The van der Waals surface area contributed by atoms with Gasteiger partial charge in [0.05, 0.1) is 25.4 Å². The van der Waals surface area contributed by atoms with E-state index < -0.39 is 59.9 Å². The number of carbonyl (C=O) groups excluding carboxylic acids is 1. The van der Waals surface area contributed by atoms with Gasteiger partial charge in [-0.05, 0) is 19.3 Å². The van der Waals surface area contributed by atoms with Crippen molar-refractivity contribution in [1.29, 1.82) is 0 Å². The predicted octanol–water partition coefficient (Wildman–Crippen LogP) is 7.21. The van der Waals surface area contributed by atoms with E-state index >= 15 is 0 Å². The summed E-state index contributed by atoms with van der Waals surface area (Å²) in [6, 6.07) is -0.912. The largest absolute Gasteiger partial charge is 0.397 e. The fourth-order valence-electron chi connectivity index (χ4n) is 6.75. The molecule has 1 aliphatic heterocycles. The summed E-state index contributed by atoms with van der Waals surface area (Å²) in [7, 11) is -5.03. The third-order valence-corrected chi connectivity index (χ3v) is 10.5. The van der Waals surface area contributed by atoms with Gasteiger partial charge in [0, 0.05) is 6.42 Å². The molecular weight excluding hydrogens is 703 g/mol. The van der Waals surface area contributed by atoms with Crippen molar-refractivity contribution in [3.8, 4) is 0 Å². The Balaban J connectivity index is 2.57. The lowest BCUT2D eigenvalue weighted by Gasteiger charge is -2.41. The van der Waals surface area contributed by atoms with E-state index in [9.17, 15) is 33.6 Å². The smallest absolute Gasteiger partial charge is 0.394 e. The number of hydrogen-bond donors (Lipinski definition) is 6. The molecule has 0 aliphatic carbocycles. The summed E-state index contributed by atoms with van der Waals surface area (Å²) in [6.45, 7) is 3.34. The van der Waals surface area contributed by atoms with Crippen LogP contribution in [0.15, 0.2) is 12.2 Å². The van der Waals surface area contributed by atoms with Gasteiger partial charge in [0.15, 0.2) is 6.29 Å². The molecule has 0 unspecified atom stereocenters. The normalized spacial score (nSPS) is 22.0. The van der Waals surface area contributed by atoms with Crippen LogP contribution in [0.4, 0.5) is 0 Å². The Labute approximate surface area is 321 Å². The molecule has 7 atom stereocenters. The molecule has 1 saturated heterocycles. The van der Waals surface area contributed by atoms with E-state index in [2.05, 4.69) is 23.3 Å². The van der Waals surface area contributed by atoms with Crippen LogP contribution >= 0.6 is 0 Å². The van der Waals surface area contributed by atoms with Crippen LogP contribution < -0.4 is 5.32 Å². The quantitative estimate of drug-likeness (QED) is 0.0216. The van der Waals surface area contributed by atoms with Crippen molar-refractivity contribution in [2.24, 2.45) is 0 Å². The average molecular weight is 780 g/mol. The van der Waals surface area contributed by atoms with Gasteiger partial charge in [-0.1, -0.05) is 167 Å². The highest BCUT2D eigenvalue weighted by Gasteiger charge is 2.47. The lowest BCUT2D eigenvalue weighted by molar-refractivity contribution is -0.298. The second-order valence-electron chi connectivity index (χ2n) is 14.9. The Morgan fingerprint density at radius 3 is 1.64 bits per heavy atom. The van der Waals surface area contributed by atoms with Crippen molar-refractivity contribution in [3.05, 3.63) is 12.2 Å². The fourth-order valence-corrected chi connectivity index (χ4v) is 7.27. The predicted molar refractivity (Wildman–Crippen MR) is 209 cm³/mol. The van der Waals surface area contributed by atoms with E-state index in [1.807, 2.05) is 6.08 Å². The van der Waals surface area contributed by atoms with Crippen LogP contribution in [0.1, 0.15) is 181 Å². The summed E-state index contributed by atoms with van der Waals surface area (Å²) >= 11 is 0. The molecule has 1 heterocycles. The SMILES string of the molecule is CCCCCCCCCCCCC/C=C/[C@@H](O)[C@H](CO[C@@H]1O[C@H](CO)[C@H](OS(=O)(=O)O)[C@H](O)[C@H]1O)NC(=O)CCCCCCCCCCCCCCC. The molecule has 6 N–H and O–H groups in total. The maximum atomic E-state index is 12.9. The number of amides is 1. The highest BCUT2D eigenvalue weighted by Crippen LogP contribution is 2.26. The second-order valence-corrected chi connectivity index (χ2v) is 16.0. The Morgan fingerprint density at radius 1 is 0.736 bits per heavy atom. The summed E-state index contributed by atoms with van der Waals surface area (Å²) in [6.07, 6.45) is 24.1. The summed E-state index contributed by atoms with van der Waals surface area (Å²) in [5.74, 6) is -0.250. The van der Waals surface area contributed by atoms with Crippen molar-refractivity contribution in [3.63, 3.8) is 0 Å². The summed E-state index contributed by atoms with van der Waals surface area (Å²) < 4.78 is 47.1. The van der Waals surface area contributed by atoms with Crippen molar-refractivity contribution in [2.45, 2.75) is 224 Å². The highest BCUT2D eigenvalue weighted by molar-refractivity contribution is 7.80. The standard InChI is InChI=1S/C40H77NO11S/c1-3-5-7-9-11-13-15-17-19-21-23-25-27-29-34(43)33(32-50-40-38(46)37(45)39(35(31-42)51-40)52-53(47,48)49)41-36(44)30-28-26-24-22-20-18-16-14-12-10-8-6-4-2/h27,29,33-35,37-40,42-43,45-46H,3-26,28,30-32H2,1-2H3,(H,41,44)(H,47,48,49)/b29-27+/t33-,34+,35+,37+,38+,39-,40+/m0/s1. The number of allylic oxidation sites excluding steroid dienone is 1. The van der Waals surface area contributed by atoms with E-state index in [0.717, 1.165) is 38.5 Å². The van der Waals surface area contributed by atoms with Crippen LogP contribution in [0, 0.1) is 0 Å². The number of carbonyl (C=O) groups is 1. The van der Waals surface area contributed by atoms with Gasteiger partial charge >= 0.3 is 10.4 Å². The third kappa shape index (κ3) is 25.6. The highest BCUT2D eigenvalue weighted by atomic mass is 32.3. The van der Waals surface area contributed by atoms with E-state index in [1.54, 1.807) is 6.08 Å². The van der Waals surface area contributed by atoms with Gasteiger partial charge in [0.25, 0.3) is 0 Å². The topological polar surface area (TPSA) is 192 Å². The summed E-state index contributed by atoms with van der Waals surface area (Å²) in [5.41, 5.74) is 0. The molecule has 0 spiro atoms. The zero-order valence-corrected chi connectivity index (χ0v) is 33.9. The average Bonchev–Trinajstić information content (AvgIpc) is 3.12. The summed E-state index contributed by atoms with van der Waals surface area (Å²) in [4.78, 5) is 12.9. The molecule has 0 bridgehead atoms. The molecule has 1 rings (SSSR count). The van der Waals surface area contributed by atoms with Crippen molar-refractivity contribution >= 4 is 16.3 Å². The van der Waals surface area contributed by atoms with Crippen LogP contribution in [0.3, 0.4) is 0 Å². The van der Waals surface area contributed by atoms with Gasteiger partial charge in [0.2, 0.25) is 5.91 Å². The molecule has 1 amide bonds. The number of ether oxygens (including phenoxy) is 2. The molecule has 12 nitrogen and oxygen atoms in total. The van der Waals surface area contributed by atoms with Crippen LogP contribution in [-0.2, 0) is 28.9 Å². The molecule has 1 aliphatic rings. The molecule has 1 fully saturated rings. The van der Waals surface area contributed by atoms with E-state index in [-0.39, 0.29) is 18.9 Å². The molecule has 0 aromatic heterocycles. The molecule has 0 radical (unpaired) electrons. The first kappa shape index (κ1) is 49.9. The Bertz CT molecular complexity index is 1010. The van der Waals surface area contributed by atoms with Gasteiger partial charge in [-0.15, -0.1) is 0 Å². The Hall–Kier alpha value is -1.16. The number of aliphatic hydroxyl groups is 4. The Kier molecular flexibility index (Phi) is 30.1. The van der Waals surface area contributed by atoms with E-state index in [4.69, 9.17) is 14.0 Å². The molecule has 0 aromatic carbocycles. The van der Waals surface area contributed by atoms with Gasteiger partial charge in [-0.2, -0.15) is 8.42 Å². The molecule has 53 heavy (non-hydrogen) atoms. The van der Waals surface area contributed by atoms with Crippen molar-refractivity contribution in [1.82, 2.24) is 5.32 Å². The minimum absolute atomic E-state index is 0.250. The van der Waals surface area contributed by atoms with Crippen molar-refractivity contribution in [2.75, 3.05) is 13.2 Å². The first-order chi connectivity index (χ1) is 25.5. The van der Waals surface area contributed by atoms with Crippen LogP contribution in [0.2, 0.25) is 0 Å². The third-order valence-electron chi connectivity index (χ3n) is 10.1. The maximum absolute atomic E-state index is 12.9. The van der Waals surface area contributed by atoms with Gasteiger partial charge in [-0.25, -0.2) is 4.18 Å². The monoisotopic (exact) mass is 780 g/mol. The minimum Gasteiger partial charge on any atom is -0.394 e. The van der Waals surface area contributed by atoms with Crippen LogP contribution in [0.5, 0.6) is 0 Å². The van der Waals surface area contributed by atoms with Crippen molar-refractivity contribution < 1.29 is 51.8 Å². The molecule has 0 aromatic rings. The van der Waals surface area contributed by atoms with Gasteiger partial charge in [0.1, 0.15) is 24.4 Å². The lowest BCUT2D eigenvalue weighted by Crippen LogP contribution is -2.61. The maximum Gasteiger partial charge on any atom is 0.397 e. The number of unbranched alkanes of at least 4 members (excludes halogenated alkanes) is 23. The van der Waals surface area contributed by atoms with E-state index in [1.165, 1.54) is 116 Å². The van der Waals surface area contributed by atoms with Gasteiger partial charge in [-0.3, -0.25) is 9.35 Å². The van der Waals surface area contributed by atoms with Gasteiger partial charge < -0.3 is 35.2 Å². The fraction of sp³-hybridized carbons (Fsp3) is 0.925. The number of rotatable bonds is 35. The summed E-state index contributed by atoms with van der Waals surface area (Å²) in [5, 5.41) is 44.6. The van der Waals surface area contributed by atoms with Crippen LogP contribution in [0.25, 0.3) is 0 Å². The zero-order chi connectivity index (χ0) is 39.2. The second kappa shape index (κ2) is 32.0. The number of hydrogen-bond acceptors (Lipinski definition) is 10. The molecular formula is C40H77NO11S. The van der Waals surface area contributed by atoms with E-state index in [0.29, 0.717) is 6.42 Å². The molecule has 0 saturated carbocycles. The zero-order valence-electron chi connectivity index (χ0n) is 33.1. The lowest BCUT2D eigenvalue weighted by atomic mass is 9.99. The number of aliphatic hydroxyl groups excluding tert-OH is 4. The molecule has 13 heteroatoms. The Morgan fingerprint density at radius 2 is 1.19 bits per heavy atom. The van der Waals surface area contributed by atoms with Crippen LogP contribution in [-0.4, -0.2) is 95.4 Å².